The number of hydrogen-bond donors (Lipinski definition) is 1. The number of anilines is 1. The Morgan fingerprint density at radius 1 is 1.02 bits per heavy atom. The number of hydrogen-bond acceptors (Lipinski definition) is 8. The number of amides is 3. The third kappa shape index (κ3) is 6.28. The van der Waals surface area contributed by atoms with E-state index in [1.54, 1.807) is 24.4 Å². The Kier molecular flexibility index (Phi) is 8.35. The van der Waals surface area contributed by atoms with Crippen LogP contribution in [0.15, 0.2) is 65.8 Å². The lowest BCUT2D eigenvalue weighted by molar-refractivity contribution is -0.131. The molecule has 0 atom stereocenters. The number of carbonyl (C=O) groups excluding carboxylic acids is 4. The minimum absolute atomic E-state index is 0.0575. The molecule has 3 amide bonds. The zero-order valence-electron chi connectivity index (χ0n) is 22.1. The molecule has 2 fully saturated rings. The van der Waals surface area contributed by atoms with Crippen LogP contribution in [0.3, 0.4) is 0 Å². The first kappa shape index (κ1) is 27.3. The van der Waals surface area contributed by atoms with Gasteiger partial charge in [0.05, 0.1) is 10.4 Å². The number of nitrogens with zero attached hydrogens (tertiary/aromatic N) is 4. The molecule has 2 saturated heterocycles. The Morgan fingerprint density at radius 2 is 1.85 bits per heavy atom. The number of pyridine rings is 2. The fourth-order valence-corrected chi connectivity index (χ4v) is 5.52. The van der Waals surface area contributed by atoms with Gasteiger partial charge in [0.25, 0.3) is 11.1 Å². The molecule has 1 N–H and O–H groups in total. The number of carbonyl (C=O) groups is 4. The number of fused-ring (bicyclic) bond motifs is 1. The summed E-state index contributed by atoms with van der Waals surface area (Å²) in [7, 11) is 0. The van der Waals surface area contributed by atoms with E-state index in [-0.39, 0.29) is 22.8 Å². The second-order valence-electron chi connectivity index (χ2n) is 9.58. The molecular weight excluding hydrogens is 526 g/mol. The summed E-state index contributed by atoms with van der Waals surface area (Å²) in [5.74, 6) is 0.616. The molecule has 0 bridgehead atoms. The molecule has 0 radical (unpaired) electrons. The largest absolute Gasteiger partial charge is 0.353 e. The van der Waals surface area contributed by atoms with Crippen molar-refractivity contribution in [3.8, 4) is 11.1 Å². The smallest absolute Gasteiger partial charge is 0.290 e. The van der Waals surface area contributed by atoms with Crippen molar-refractivity contribution in [2.75, 3.05) is 31.1 Å². The molecule has 0 unspecified atom stereocenters. The van der Waals surface area contributed by atoms with Crippen LogP contribution in [0.1, 0.15) is 31.7 Å². The highest BCUT2D eigenvalue weighted by Gasteiger charge is 2.25. The van der Waals surface area contributed by atoms with Gasteiger partial charge in [-0.2, -0.15) is 0 Å². The van der Waals surface area contributed by atoms with Crippen molar-refractivity contribution in [2.24, 2.45) is 0 Å². The van der Waals surface area contributed by atoms with Gasteiger partial charge in [-0.25, -0.2) is 4.98 Å². The van der Waals surface area contributed by atoms with Crippen LogP contribution < -0.4 is 10.2 Å². The van der Waals surface area contributed by atoms with Gasteiger partial charge in [-0.3, -0.25) is 29.5 Å². The predicted molar refractivity (Wildman–Crippen MR) is 157 cm³/mol. The van der Waals surface area contributed by atoms with E-state index in [1.807, 2.05) is 54.4 Å². The van der Waals surface area contributed by atoms with Crippen LogP contribution in [0.4, 0.5) is 10.6 Å². The predicted octanol–water partition coefficient (Wildman–Crippen LogP) is 4.58. The Bertz CT molecular complexity index is 1520. The molecule has 0 aliphatic carbocycles. The summed E-state index contributed by atoms with van der Waals surface area (Å²) in [4.78, 5) is 61.2. The first-order valence-corrected chi connectivity index (χ1v) is 14.0. The topological polar surface area (TPSA) is 113 Å². The number of piperazine rings is 1. The second-order valence-corrected chi connectivity index (χ2v) is 10.6. The highest BCUT2D eigenvalue weighted by molar-refractivity contribution is 8.18. The number of benzene rings is 1. The number of thioether (sulfide) groups is 1. The molecule has 0 saturated carbocycles. The lowest BCUT2D eigenvalue weighted by Crippen LogP contribution is -2.49. The Labute approximate surface area is 236 Å². The van der Waals surface area contributed by atoms with E-state index in [0.717, 1.165) is 45.2 Å². The standard InChI is InChI=1S/C30H29N5O4S/c1-2-4-22(36)5-3-6-28(37)35-15-13-34(14-16-35)27-10-8-21(19-32-27)23-11-12-31-25-9-7-20(17-24(23)25)18-26-29(38)33-30(39)40-26/h2,4,7-12,17-19H,3,5-6,13-16H2,1H3,(H,33,38,39)/b4-2+,26-18-. The summed E-state index contributed by atoms with van der Waals surface area (Å²) >= 11 is 0.892. The summed E-state index contributed by atoms with van der Waals surface area (Å²) in [6.45, 7) is 4.45. The van der Waals surface area contributed by atoms with Crippen LogP contribution in [-0.4, -0.2) is 63.9 Å². The number of rotatable bonds is 8. The van der Waals surface area contributed by atoms with Gasteiger partial charge in [0.15, 0.2) is 5.78 Å². The van der Waals surface area contributed by atoms with Crippen LogP contribution in [0.2, 0.25) is 0 Å². The van der Waals surface area contributed by atoms with Gasteiger partial charge < -0.3 is 9.80 Å². The van der Waals surface area contributed by atoms with E-state index in [1.165, 1.54) is 0 Å². The average Bonchev–Trinajstić information content (AvgIpc) is 3.28. The van der Waals surface area contributed by atoms with Crippen LogP contribution >= 0.6 is 11.8 Å². The van der Waals surface area contributed by atoms with Gasteiger partial charge in [0.2, 0.25) is 5.91 Å². The van der Waals surface area contributed by atoms with E-state index >= 15 is 0 Å². The van der Waals surface area contributed by atoms with Crippen molar-refractivity contribution in [3.63, 3.8) is 0 Å². The van der Waals surface area contributed by atoms with Crippen LogP contribution in [-0.2, 0) is 14.4 Å². The summed E-state index contributed by atoms with van der Waals surface area (Å²) in [6.07, 6.45) is 9.94. The Hall–Kier alpha value is -4.31. The van der Waals surface area contributed by atoms with Gasteiger partial charge in [-0.1, -0.05) is 12.1 Å². The highest BCUT2D eigenvalue weighted by atomic mass is 32.2. The fraction of sp³-hybridized carbons (Fsp3) is 0.267. The quantitative estimate of drug-likeness (QED) is 0.402. The average molecular weight is 556 g/mol. The lowest BCUT2D eigenvalue weighted by Gasteiger charge is -2.35. The summed E-state index contributed by atoms with van der Waals surface area (Å²) in [5.41, 5.74) is 3.52. The maximum atomic E-state index is 12.6. The van der Waals surface area contributed by atoms with Crippen molar-refractivity contribution < 1.29 is 19.2 Å². The van der Waals surface area contributed by atoms with Crippen molar-refractivity contribution in [1.29, 1.82) is 0 Å². The lowest BCUT2D eigenvalue weighted by atomic mass is 10.0. The van der Waals surface area contributed by atoms with E-state index in [4.69, 9.17) is 4.98 Å². The Morgan fingerprint density at radius 3 is 2.55 bits per heavy atom. The normalized spacial score (nSPS) is 16.8. The van der Waals surface area contributed by atoms with Crippen molar-refractivity contribution in [3.05, 3.63) is 71.4 Å². The zero-order chi connectivity index (χ0) is 28.1. The molecule has 10 heteroatoms. The number of nitrogens with one attached hydrogen (secondary N) is 1. The number of ketones is 1. The first-order chi connectivity index (χ1) is 19.4. The maximum Gasteiger partial charge on any atom is 0.290 e. The number of allylic oxidation sites excluding steroid dienone is 2. The van der Waals surface area contributed by atoms with Crippen molar-refractivity contribution >= 4 is 57.4 Å². The van der Waals surface area contributed by atoms with Crippen LogP contribution in [0.25, 0.3) is 28.1 Å². The highest BCUT2D eigenvalue weighted by Crippen LogP contribution is 2.31. The summed E-state index contributed by atoms with van der Waals surface area (Å²) in [6, 6.07) is 11.7. The minimum Gasteiger partial charge on any atom is -0.353 e. The first-order valence-electron chi connectivity index (χ1n) is 13.2. The SMILES string of the molecule is C/C=C/C(=O)CCCC(=O)N1CCN(c2ccc(-c3ccnc4ccc(/C=C5\SC(=O)NC5=O)cc34)cn2)CC1. The monoisotopic (exact) mass is 555 g/mol. The molecule has 204 valence electrons. The van der Waals surface area contributed by atoms with Crippen LogP contribution in [0, 0.1) is 0 Å². The molecule has 3 aromatic rings. The third-order valence-corrected chi connectivity index (χ3v) is 7.70. The molecule has 2 aliphatic heterocycles. The van der Waals surface area contributed by atoms with Gasteiger partial charge in [0, 0.05) is 62.4 Å². The second kappa shape index (κ2) is 12.3. The molecule has 40 heavy (non-hydrogen) atoms. The fourth-order valence-electron chi connectivity index (χ4n) is 4.84. The molecule has 2 aliphatic rings. The molecule has 9 nitrogen and oxygen atoms in total. The van der Waals surface area contributed by atoms with Crippen LogP contribution in [0.5, 0.6) is 0 Å². The van der Waals surface area contributed by atoms with E-state index in [9.17, 15) is 19.2 Å². The van der Waals surface area contributed by atoms with Crippen molar-refractivity contribution in [2.45, 2.75) is 26.2 Å². The summed E-state index contributed by atoms with van der Waals surface area (Å²) < 4.78 is 0. The minimum atomic E-state index is -0.386. The molecule has 4 heterocycles. The summed E-state index contributed by atoms with van der Waals surface area (Å²) in [5, 5.41) is 2.83. The number of aromatic nitrogens is 2. The number of imide groups is 1. The third-order valence-electron chi connectivity index (χ3n) is 6.89. The van der Waals surface area contributed by atoms with Gasteiger partial charge in [0.1, 0.15) is 5.82 Å². The van der Waals surface area contributed by atoms with E-state index in [2.05, 4.69) is 15.2 Å². The van der Waals surface area contributed by atoms with E-state index in [0.29, 0.717) is 50.3 Å². The molecule has 2 aromatic heterocycles. The maximum absolute atomic E-state index is 12.6. The van der Waals surface area contributed by atoms with E-state index < -0.39 is 0 Å². The van der Waals surface area contributed by atoms with Crippen molar-refractivity contribution in [1.82, 2.24) is 20.2 Å². The van der Waals surface area contributed by atoms with Gasteiger partial charge >= 0.3 is 0 Å². The molecule has 5 rings (SSSR count). The van der Waals surface area contributed by atoms with Gasteiger partial charge in [-0.05, 0) is 78.7 Å². The molecule has 0 spiro atoms. The molecule has 1 aromatic carbocycles. The Balaban J connectivity index is 1.24. The molecular formula is C30H29N5O4S. The zero-order valence-corrected chi connectivity index (χ0v) is 22.9. The van der Waals surface area contributed by atoms with Gasteiger partial charge in [-0.15, -0.1) is 0 Å².